The summed E-state index contributed by atoms with van der Waals surface area (Å²) in [4.78, 5) is 2.06. The van der Waals surface area contributed by atoms with E-state index < -0.39 is 7.14 Å². The van der Waals surface area contributed by atoms with Gasteiger partial charge in [0.15, 0.2) is 7.14 Å². The summed E-state index contributed by atoms with van der Waals surface area (Å²) in [6, 6.07) is 27.5. The van der Waals surface area contributed by atoms with Gasteiger partial charge in [0, 0.05) is 22.1 Å². The van der Waals surface area contributed by atoms with E-state index in [9.17, 15) is 4.57 Å². The van der Waals surface area contributed by atoms with Crippen molar-refractivity contribution < 1.29 is 4.57 Å². The van der Waals surface area contributed by atoms with Crippen molar-refractivity contribution in [1.82, 2.24) is 0 Å². The minimum absolute atomic E-state index is 0.448. The lowest BCUT2D eigenvalue weighted by atomic mass is 10.3. The highest BCUT2D eigenvalue weighted by molar-refractivity contribution is 9.10. The Morgan fingerprint density at radius 1 is 0.792 bits per heavy atom. The molecule has 3 rings (SSSR count). The number of hydrogen-bond donors (Lipinski definition) is 0. The molecule has 0 amide bonds. The van der Waals surface area contributed by atoms with Gasteiger partial charge in [-0.2, -0.15) is 0 Å². The Hall–Kier alpha value is -1.83. The Balaban J connectivity index is 2.04. The van der Waals surface area contributed by atoms with Crippen LogP contribution in [0.5, 0.6) is 0 Å². The Labute approximate surface area is 151 Å². The predicted molar refractivity (Wildman–Crippen MR) is 107 cm³/mol. The van der Waals surface area contributed by atoms with E-state index in [2.05, 4.69) is 20.8 Å². The molecule has 0 bridgehead atoms. The summed E-state index contributed by atoms with van der Waals surface area (Å²) in [5.74, 6) is 0. The minimum Gasteiger partial charge on any atom is -0.366 e. The molecule has 24 heavy (non-hydrogen) atoms. The molecule has 0 aliphatic heterocycles. The minimum atomic E-state index is -2.76. The molecule has 0 heterocycles. The van der Waals surface area contributed by atoms with Crippen molar-refractivity contribution in [3.8, 4) is 0 Å². The molecular weight excluding hydrogens is 381 g/mol. The summed E-state index contributed by atoms with van der Waals surface area (Å²) in [6.45, 7) is 0. The zero-order valence-corrected chi connectivity index (χ0v) is 16.0. The lowest BCUT2D eigenvalue weighted by Gasteiger charge is -2.27. The van der Waals surface area contributed by atoms with Gasteiger partial charge in [-0.25, -0.2) is 0 Å². The third-order valence-corrected chi connectivity index (χ3v) is 7.78. The van der Waals surface area contributed by atoms with Crippen LogP contribution in [-0.4, -0.2) is 13.3 Å². The number of nitrogens with zero attached hydrogens (tertiary/aromatic N) is 1. The Morgan fingerprint density at radius 3 is 1.75 bits per heavy atom. The average molecular weight is 400 g/mol. The molecule has 0 aliphatic carbocycles. The molecule has 0 saturated heterocycles. The fraction of sp³-hybridized carbons (Fsp3) is 0.100. The van der Waals surface area contributed by atoms with Gasteiger partial charge in [-0.1, -0.05) is 72.8 Å². The molecule has 3 aromatic carbocycles. The normalized spacial score (nSPS) is 11.2. The quantitative estimate of drug-likeness (QED) is 0.571. The topological polar surface area (TPSA) is 20.3 Å². The van der Waals surface area contributed by atoms with E-state index in [1.807, 2.05) is 92.0 Å². The van der Waals surface area contributed by atoms with E-state index in [1.54, 1.807) is 0 Å². The summed E-state index contributed by atoms with van der Waals surface area (Å²) in [5, 5.41) is 1.77. The Morgan fingerprint density at radius 2 is 1.25 bits per heavy atom. The van der Waals surface area contributed by atoms with Crippen molar-refractivity contribution in [3.05, 3.63) is 89.4 Å². The number of benzene rings is 3. The van der Waals surface area contributed by atoms with Gasteiger partial charge in [-0.3, -0.25) is 0 Å². The van der Waals surface area contributed by atoms with Gasteiger partial charge >= 0.3 is 0 Å². The molecule has 0 fully saturated rings. The van der Waals surface area contributed by atoms with Crippen LogP contribution in [0, 0.1) is 0 Å². The highest BCUT2D eigenvalue weighted by Crippen LogP contribution is 2.45. The van der Waals surface area contributed by atoms with Crippen molar-refractivity contribution in [2.45, 2.75) is 0 Å². The Kier molecular flexibility index (Phi) is 5.23. The largest absolute Gasteiger partial charge is 0.366 e. The summed E-state index contributed by atoms with van der Waals surface area (Å²) < 4.78 is 15.1. The highest BCUT2D eigenvalue weighted by atomic mass is 79.9. The first kappa shape index (κ1) is 17.0. The molecule has 0 aromatic heterocycles. The van der Waals surface area contributed by atoms with Crippen molar-refractivity contribution in [2.75, 3.05) is 18.2 Å². The van der Waals surface area contributed by atoms with Crippen molar-refractivity contribution >= 4 is 39.4 Å². The number of halogens is 1. The zero-order chi connectivity index (χ0) is 17.0. The molecule has 0 spiro atoms. The first-order valence-corrected chi connectivity index (χ1v) is 10.5. The average Bonchev–Trinajstić information content (AvgIpc) is 2.63. The maximum Gasteiger partial charge on any atom is 0.161 e. The fourth-order valence-corrected chi connectivity index (χ4v) is 6.06. The Bertz CT molecular complexity index is 808. The standard InChI is InChI=1S/C20H19BrNOP/c1-22(20-15-9-8-14-19(20)21)16-24(23,17-10-4-2-5-11-17)18-12-6-3-7-13-18/h2-15H,16H2,1H3. The van der Waals surface area contributed by atoms with Crippen molar-refractivity contribution in [1.29, 1.82) is 0 Å². The van der Waals surface area contributed by atoms with Gasteiger partial charge in [-0.15, -0.1) is 0 Å². The number of anilines is 1. The first-order chi connectivity index (χ1) is 11.6. The van der Waals surface area contributed by atoms with E-state index in [1.165, 1.54) is 0 Å². The lowest BCUT2D eigenvalue weighted by molar-refractivity contribution is 0.586. The van der Waals surface area contributed by atoms with Gasteiger partial charge in [0.1, 0.15) is 0 Å². The maximum atomic E-state index is 14.1. The molecule has 0 saturated carbocycles. The summed E-state index contributed by atoms with van der Waals surface area (Å²) in [7, 11) is -0.776. The number of hydrogen-bond acceptors (Lipinski definition) is 2. The molecule has 4 heteroatoms. The van der Waals surface area contributed by atoms with Crippen LogP contribution in [0.15, 0.2) is 89.4 Å². The molecule has 0 radical (unpaired) electrons. The summed E-state index contributed by atoms with van der Waals surface area (Å²) in [5.41, 5.74) is 1.03. The van der Waals surface area contributed by atoms with Crippen LogP contribution in [0.2, 0.25) is 0 Å². The van der Waals surface area contributed by atoms with Crippen LogP contribution >= 0.6 is 23.1 Å². The first-order valence-electron chi connectivity index (χ1n) is 7.77. The van der Waals surface area contributed by atoms with Gasteiger partial charge < -0.3 is 9.46 Å². The molecule has 0 N–H and O–H groups in total. The van der Waals surface area contributed by atoms with E-state index in [0.717, 1.165) is 20.8 Å². The maximum absolute atomic E-state index is 14.1. The molecule has 3 aromatic rings. The van der Waals surface area contributed by atoms with Crippen LogP contribution in [0.1, 0.15) is 0 Å². The van der Waals surface area contributed by atoms with Gasteiger partial charge in [0.2, 0.25) is 0 Å². The third-order valence-electron chi connectivity index (χ3n) is 4.02. The summed E-state index contributed by atoms with van der Waals surface area (Å²) in [6.07, 6.45) is 0.448. The van der Waals surface area contributed by atoms with Crippen LogP contribution in [-0.2, 0) is 4.57 Å². The predicted octanol–water partition coefficient (Wildman–Crippen LogP) is 4.86. The molecule has 0 atom stereocenters. The smallest absolute Gasteiger partial charge is 0.161 e. The van der Waals surface area contributed by atoms with Crippen LogP contribution in [0.25, 0.3) is 0 Å². The fourth-order valence-electron chi connectivity index (χ4n) is 2.79. The van der Waals surface area contributed by atoms with Crippen LogP contribution in [0.4, 0.5) is 5.69 Å². The van der Waals surface area contributed by atoms with E-state index in [4.69, 9.17) is 0 Å². The van der Waals surface area contributed by atoms with Gasteiger partial charge in [0.05, 0.1) is 12.0 Å². The summed E-state index contributed by atoms with van der Waals surface area (Å²) >= 11 is 3.59. The van der Waals surface area contributed by atoms with Gasteiger partial charge in [-0.05, 0) is 28.1 Å². The van der Waals surface area contributed by atoms with Crippen molar-refractivity contribution in [3.63, 3.8) is 0 Å². The molecule has 2 nitrogen and oxygen atoms in total. The SMILES string of the molecule is CN(CP(=O)(c1ccccc1)c1ccccc1)c1ccccc1Br. The van der Waals surface area contributed by atoms with E-state index >= 15 is 0 Å². The van der Waals surface area contributed by atoms with E-state index in [-0.39, 0.29) is 0 Å². The molecule has 0 aliphatic rings. The van der Waals surface area contributed by atoms with E-state index in [0.29, 0.717) is 6.29 Å². The van der Waals surface area contributed by atoms with Crippen LogP contribution < -0.4 is 15.5 Å². The molecular formula is C20H19BrNOP. The second-order valence-corrected chi connectivity index (χ2v) is 9.35. The number of para-hydroxylation sites is 1. The number of rotatable bonds is 5. The zero-order valence-electron chi connectivity index (χ0n) is 13.5. The third kappa shape index (κ3) is 3.48. The molecule has 0 unspecified atom stereocenters. The monoisotopic (exact) mass is 399 g/mol. The molecule has 122 valence electrons. The van der Waals surface area contributed by atoms with Crippen LogP contribution in [0.3, 0.4) is 0 Å². The second-order valence-electron chi connectivity index (χ2n) is 5.70. The van der Waals surface area contributed by atoms with Gasteiger partial charge in [0.25, 0.3) is 0 Å². The van der Waals surface area contributed by atoms with Crippen molar-refractivity contribution in [2.24, 2.45) is 0 Å². The highest BCUT2D eigenvalue weighted by Gasteiger charge is 2.29. The lowest BCUT2D eigenvalue weighted by Crippen LogP contribution is -2.28. The second kappa shape index (κ2) is 7.38.